The molecule has 8 nitrogen and oxygen atoms in total. The van der Waals surface area contributed by atoms with E-state index in [0.29, 0.717) is 33.7 Å². The van der Waals surface area contributed by atoms with Crippen molar-refractivity contribution >= 4 is 33.5 Å². The number of carbonyl (C=O) groups excluding carboxylic acids is 1. The Morgan fingerprint density at radius 3 is 2.59 bits per heavy atom. The fraction of sp³-hybridized carbons (Fsp3) is 0. The van der Waals surface area contributed by atoms with Crippen LogP contribution in [0.15, 0.2) is 103 Å². The van der Waals surface area contributed by atoms with E-state index in [0.717, 1.165) is 39.3 Å². The van der Waals surface area contributed by atoms with Crippen molar-refractivity contribution < 1.29 is 14.3 Å². The van der Waals surface area contributed by atoms with Crippen LogP contribution in [0.5, 0.6) is 5.75 Å². The lowest BCUT2D eigenvalue weighted by Crippen LogP contribution is -2.11. The van der Waals surface area contributed by atoms with Crippen LogP contribution in [0, 0.1) is 5.82 Å². The second-order valence-corrected chi connectivity index (χ2v) is 9.60. The molecule has 41 heavy (non-hydrogen) atoms. The zero-order chi connectivity index (χ0) is 27.9. The fourth-order valence-corrected chi connectivity index (χ4v) is 4.95. The van der Waals surface area contributed by atoms with Crippen LogP contribution in [0.3, 0.4) is 0 Å². The van der Waals surface area contributed by atoms with Crippen molar-refractivity contribution in [2.75, 3.05) is 5.32 Å². The number of aromatic nitrogens is 5. The van der Waals surface area contributed by atoms with Gasteiger partial charge in [-0.15, -0.1) is 0 Å². The number of anilines is 1. The summed E-state index contributed by atoms with van der Waals surface area (Å²) in [5.41, 5.74) is 7.42. The van der Waals surface area contributed by atoms with Gasteiger partial charge in [0.1, 0.15) is 22.8 Å². The number of halogens is 1. The summed E-state index contributed by atoms with van der Waals surface area (Å²) in [5.74, 6) is -0.876. The van der Waals surface area contributed by atoms with Crippen molar-refractivity contribution in [3.8, 4) is 39.5 Å². The number of hydrogen-bond acceptors (Lipinski definition) is 5. The van der Waals surface area contributed by atoms with Crippen LogP contribution in [-0.4, -0.2) is 36.2 Å². The number of amides is 1. The Hall–Kier alpha value is -5.83. The maximum Gasteiger partial charge on any atom is 0.255 e. The van der Waals surface area contributed by atoms with Crippen LogP contribution in [0.1, 0.15) is 10.4 Å². The van der Waals surface area contributed by atoms with Crippen LogP contribution in [0.4, 0.5) is 10.1 Å². The van der Waals surface area contributed by atoms with Gasteiger partial charge in [0.25, 0.3) is 5.91 Å². The van der Waals surface area contributed by atoms with Crippen LogP contribution < -0.4 is 5.32 Å². The van der Waals surface area contributed by atoms with Crippen molar-refractivity contribution in [1.82, 2.24) is 25.1 Å². The summed E-state index contributed by atoms with van der Waals surface area (Å²) in [7, 11) is 0. The van der Waals surface area contributed by atoms with E-state index >= 15 is 0 Å². The van der Waals surface area contributed by atoms with Crippen molar-refractivity contribution in [2.24, 2.45) is 0 Å². The first-order chi connectivity index (χ1) is 20.0. The molecule has 0 aliphatic rings. The molecule has 7 rings (SSSR count). The maximum atomic E-state index is 14.0. The van der Waals surface area contributed by atoms with Gasteiger partial charge in [-0.3, -0.25) is 14.9 Å². The second kappa shape index (κ2) is 9.73. The van der Waals surface area contributed by atoms with Crippen LogP contribution in [0.25, 0.3) is 55.7 Å². The van der Waals surface area contributed by atoms with Crippen LogP contribution in [-0.2, 0) is 0 Å². The molecule has 4 heterocycles. The molecule has 0 fully saturated rings. The second-order valence-electron chi connectivity index (χ2n) is 9.60. The molecular formula is C32H21FN6O2. The number of H-pyrrole nitrogens is 2. The minimum Gasteiger partial charge on any atom is -0.508 e. The fourth-order valence-electron chi connectivity index (χ4n) is 4.95. The summed E-state index contributed by atoms with van der Waals surface area (Å²) in [6, 6.07) is 26.2. The third kappa shape index (κ3) is 4.55. The molecule has 0 spiro atoms. The molecule has 0 atom stereocenters. The highest BCUT2D eigenvalue weighted by molar-refractivity contribution is 6.04. The van der Waals surface area contributed by atoms with Gasteiger partial charge in [0.15, 0.2) is 0 Å². The molecule has 198 valence electrons. The molecule has 9 heteroatoms. The summed E-state index contributed by atoms with van der Waals surface area (Å²) >= 11 is 0. The molecule has 0 saturated heterocycles. The number of carbonyl (C=O) groups is 1. The van der Waals surface area contributed by atoms with Gasteiger partial charge in [-0.2, -0.15) is 5.10 Å². The summed E-state index contributed by atoms with van der Waals surface area (Å²) in [6.07, 6.45) is 3.28. The average molecular weight is 541 g/mol. The molecule has 0 bridgehead atoms. The molecule has 0 aliphatic heterocycles. The molecule has 3 aromatic carbocycles. The van der Waals surface area contributed by atoms with E-state index < -0.39 is 5.82 Å². The van der Waals surface area contributed by atoms with Crippen molar-refractivity contribution in [3.05, 3.63) is 115 Å². The standard InChI is InChI=1S/C32H21FN6O2/c33-21-11-19(13-23(40)14-21)24-7-4-8-27-25(24)15-29(36-27)31-30-28(38-39-31)10-9-26(37-30)20-12-22(17-34-16-20)35-32(41)18-5-2-1-3-6-18/h1-17,36,40H,(H,35,41)(H,38,39). The van der Waals surface area contributed by atoms with E-state index in [1.165, 1.54) is 12.1 Å². The van der Waals surface area contributed by atoms with E-state index in [9.17, 15) is 14.3 Å². The first kappa shape index (κ1) is 24.2. The van der Waals surface area contributed by atoms with Crippen LogP contribution >= 0.6 is 0 Å². The third-order valence-electron chi connectivity index (χ3n) is 6.85. The van der Waals surface area contributed by atoms with Crippen molar-refractivity contribution in [1.29, 1.82) is 0 Å². The number of phenolic OH excluding ortho intramolecular Hbond substituents is 1. The lowest BCUT2D eigenvalue weighted by molar-refractivity contribution is 0.102. The summed E-state index contributed by atoms with van der Waals surface area (Å²) in [6.45, 7) is 0. The molecular weight excluding hydrogens is 519 g/mol. The number of aromatic hydroxyl groups is 1. The molecule has 4 N–H and O–H groups in total. The molecule has 0 radical (unpaired) electrons. The average Bonchev–Trinajstić information content (AvgIpc) is 3.61. The number of pyridine rings is 2. The number of benzene rings is 3. The first-order valence-electron chi connectivity index (χ1n) is 12.8. The summed E-state index contributed by atoms with van der Waals surface area (Å²) in [5, 5.41) is 21.2. The van der Waals surface area contributed by atoms with Gasteiger partial charge < -0.3 is 15.4 Å². The molecule has 4 aromatic heterocycles. The number of phenols is 1. The normalized spacial score (nSPS) is 11.2. The molecule has 7 aromatic rings. The molecule has 0 saturated carbocycles. The number of rotatable bonds is 5. The highest BCUT2D eigenvalue weighted by atomic mass is 19.1. The largest absolute Gasteiger partial charge is 0.508 e. The smallest absolute Gasteiger partial charge is 0.255 e. The van der Waals surface area contributed by atoms with Gasteiger partial charge >= 0.3 is 0 Å². The summed E-state index contributed by atoms with van der Waals surface area (Å²) < 4.78 is 14.0. The first-order valence-corrected chi connectivity index (χ1v) is 12.8. The third-order valence-corrected chi connectivity index (χ3v) is 6.85. The van der Waals surface area contributed by atoms with Gasteiger partial charge in [-0.05, 0) is 65.7 Å². The Morgan fingerprint density at radius 2 is 1.73 bits per heavy atom. The van der Waals surface area contributed by atoms with Gasteiger partial charge in [-0.1, -0.05) is 30.3 Å². The number of hydrogen-bond donors (Lipinski definition) is 4. The van der Waals surface area contributed by atoms with E-state index in [1.807, 2.05) is 60.7 Å². The predicted molar refractivity (Wildman–Crippen MR) is 156 cm³/mol. The number of nitrogens with zero attached hydrogens (tertiary/aromatic N) is 3. The van der Waals surface area contributed by atoms with E-state index in [-0.39, 0.29) is 11.7 Å². The minimum atomic E-state index is -0.513. The summed E-state index contributed by atoms with van der Waals surface area (Å²) in [4.78, 5) is 25.2. The molecule has 0 aliphatic carbocycles. The van der Waals surface area contributed by atoms with E-state index in [4.69, 9.17) is 4.98 Å². The maximum absolute atomic E-state index is 14.0. The topological polar surface area (TPSA) is 120 Å². The lowest BCUT2D eigenvalue weighted by Gasteiger charge is -2.07. The minimum absolute atomic E-state index is 0.138. The molecule has 0 unspecified atom stereocenters. The Balaban J connectivity index is 1.25. The van der Waals surface area contributed by atoms with Gasteiger partial charge in [0.2, 0.25) is 0 Å². The molecule has 1 amide bonds. The van der Waals surface area contributed by atoms with Gasteiger partial charge in [0, 0.05) is 34.3 Å². The van der Waals surface area contributed by atoms with Crippen LogP contribution in [0.2, 0.25) is 0 Å². The monoisotopic (exact) mass is 540 g/mol. The Labute approximate surface area is 232 Å². The van der Waals surface area contributed by atoms with Crippen molar-refractivity contribution in [2.45, 2.75) is 0 Å². The highest BCUT2D eigenvalue weighted by Gasteiger charge is 2.16. The Bertz CT molecular complexity index is 2060. The van der Waals surface area contributed by atoms with E-state index in [1.54, 1.807) is 24.5 Å². The van der Waals surface area contributed by atoms with Gasteiger partial charge in [-0.25, -0.2) is 9.37 Å². The van der Waals surface area contributed by atoms with E-state index in [2.05, 4.69) is 25.5 Å². The quantitative estimate of drug-likeness (QED) is 0.189. The zero-order valence-electron chi connectivity index (χ0n) is 21.4. The Morgan fingerprint density at radius 1 is 0.854 bits per heavy atom. The van der Waals surface area contributed by atoms with Crippen molar-refractivity contribution in [3.63, 3.8) is 0 Å². The number of aromatic amines is 2. The SMILES string of the molecule is O=C(Nc1cncc(-c2ccc3[nH]nc(-c4cc5c(-c6cc(O)cc(F)c6)cccc5[nH]4)c3n2)c1)c1ccccc1. The Kier molecular flexibility index (Phi) is 5.75. The number of nitrogens with one attached hydrogen (secondary N) is 3. The highest BCUT2D eigenvalue weighted by Crippen LogP contribution is 2.35. The lowest BCUT2D eigenvalue weighted by atomic mass is 10.0. The number of fused-ring (bicyclic) bond motifs is 2. The zero-order valence-corrected chi connectivity index (χ0v) is 21.4. The van der Waals surface area contributed by atoms with Gasteiger partial charge in [0.05, 0.1) is 28.8 Å². The predicted octanol–water partition coefficient (Wildman–Crippen LogP) is 6.93.